The van der Waals surface area contributed by atoms with Crippen LogP contribution in [0.15, 0.2) is 34.7 Å². The van der Waals surface area contributed by atoms with E-state index in [1.807, 2.05) is 5.38 Å². The highest BCUT2D eigenvalue weighted by molar-refractivity contribution is 7.13. The van der Waals surface area contributed by atoms with Crippen molar-refractivity contribution in [1.82, 2.24) is 25.3 Å². The van der Waals surface area contributed by atoms with E-state index in [1.165, 1.54) is 11.3 Å². The van der Waals surface area contributed by atoms with E-state index in [-0.39, 0.29) is 11.5 Å². The fraction of sp³-hybridized carbons (Fsp3) is 0.143. The molecule has 118 valence electrons. The van der Waals surface area contributed by atoms with Crippen molar-refractivity contribution in [1.29, 1.82) is 0 Å². The Kier molecular flexibility index (Phi) is 3.94. The van der Waals surface area contributed by atoms with Gasteiger partial charge in [0.15, 0.2) is 11.5 Å². The molecule has 0 radical (unpaired) electrons. The summed E-state index contributed by atoms with van der Waals surface area (Å²) in [6.07, 6.45) is 3.20. The average molecular weight is 331 g/mol. The molecule has 0 saturated heterocycles. The van der Waals surface area contributed by atoms with Gasteiger partial charge >= 0.3 is 0 Å². The third-order valence-corrected chi connectivity index (χ3v) is 4.02. The summed E-state index contributed by atoms with van der Waals surface area (Å²) in [5, 5.41) is 14.3. The normalized spacial score (nSPS) is 12.0. The standard InChI is InChI=1S/C14H13N5O3S/c1-7(11-15-4-5-16-11)17-13(21)9-10(20)14(22)19-12(18-9)8-3-2-6-23-8/h2-7,20H,1H3,(H,15,16)(H,17,21)(H,18,19,22). The van der Waals surface area contributed by atoms with E-state index in [4.69, 9.17) is 0 Å². The number of imidazole rings is 1. The summed E-state index contributed by atoms with van der Waals surface area (Å²) in [6, 6.07) is 3.13. The van der Waals surface area contributed by atoms with E-state index >= 15 is 0 Å². The second-order valence-corrected chi connectivity index (χ2v) is 5.71. The molecule has 0 bridgehead atoms. The molecule has 0 fully saturated rings. The van der Waals surface area contributed by atoms with E-state index in [1.54, 1.807) is 31.5 Å². The molecule has 3 heterocycles. The van der Waals surface area contributed by atoms with Crippen molar-refractivity contribution < 1.29 is 9.90 Å². The molecule has 4 N–H and O–H groups in total. The fourth-order valence-electron chi connectivity index (χ4n) is 2.00. The number of aromatic nitrogens is 4. The van der Waals surface area contributed by atoms with Crippen molar-refractivity contribution in [2.24, 2.45) is 0 Å². The quantitative estimate of drug-likeness (QED) is 0.575. The number of hydrogen-bond acceptors (Lipinski definition) is 6. The minimum atomic E-state index is -0.765. The molecule has 1 atom stereocenters. The highest BCUT2D eigenvalue weighted by Crippen LogP contribution is 2.22. The zero-order valence-corrected chi connectivity index (χ0v) is 12.8. The number of H-pyrrole nitrogens is 2. The van der Waals surface area contributed by atoms with E-state index in [2.05, 4.69) is 25.3 Å². The van der Waals surface area contributed by atoms with Crippen LogP contribution in [0.1, 0.15) is 29.3 Å². The average Bonchev–Trinajstić information content (AvgIpc) is 3.22. The number of aromatic hydroxyl groups is 1. The number of carbonyl (C=O) groups excluding carboxylic acids is 1. The van der Waals surface area contributed by atoms with Gasteiger partial charge in [0.2, 0.25) is 5.75 Å². The van der Waals surface area contributed by atoms with Crippen LogP contribution in [0.25, 0.3) is 10.7 Å². The van der Waals surface area contributed by atoms with Crippen LogP contribution in [0.2, 0.25) is 0 Å². The first-order valence-corrected chi connectivity index (χ1v) is 7.61. The van der Waals surface area contributed by atoms with Crippen LogP contribution in [0.5, 0.6) is 5.75 Å². The molecule has 1 unspecified atom stereocenters. The van der Waals surface area contributed by atoms with Crippen LogP contribution >= 0.6 is 11.3 Å². The summed E-state index contributed by atoms with van der Waals surface area (Å²) in [6.45, 7) is 1.72. The third kappa shape index (κ3) is 2.99. The molecule has 0 spiro atoms. The van der Waals surface area contributed by atoms with E-state index in [9.17, 15) is 14.7 Å². The van der Waals surface area contributed by atoms with Crippen molar-refractivity contribution in [3.05, 3.63) is 51.8 Å². The molecular formula is C14H13N5O3S. The molecule has 0 aliphatic rings. The van der Waals surface area contributed by atoms with Crippen LogP contribution in [0.3, 0.4) is 0 Å². The Labute approximate surface area is 134 Å². The number of thiophene rings is 1. The molecule has 0 aliphatic heterocycles. The molecule has 0 aromatic carbocycles. The lowest BCUT2D eigenvalue weighted by Gasteiger charge is -2.12. The van der Waals surface area contributed by atoms with Gasteiger partial charge in [-0.2, -0.15) is 0 Å². The summed E-state index contributed by atoms with van der Waals surface area (Å²) in [5.41, 5.74) is -1.09. The molecule has 23 heavy (non-hydrogen) atoms. The maximum atomic E-state index is 12.3. The fourth-order valence-corrected chi connectivity index (χ4v) is 2.67. The lowest BCUT2D eigenvalue weighted by Crippen LogP contribution is -2.29. The van der Waals surface area contributed by atoms with Crippen LogP contribution in [-0.4, -0.2) is 30.9 Å². The Morgan fingerprint density at radius 1 is 1.48 bits per heavy atom. The van der Waals surface area contributed by atoms with Crippen LogP contribution in [-0.2, 0) is 0 Å². The Morgan fingerprint density at radius 2 is 2.30 bits per heavy atom. The number of aromatic amines is 2. The largest absolute Gasteiger partial charge is 0.501 e. The number of rotatable bonds is 4. The maximum Gasteiger partial charge on any atom is 0.294 e. The second kappa shape index (κ2) is 6.05. The first-order chi connectivity index (χ1) is 11.1. The smallest absolute Gasteiger partial charge is 0.294 e. The van der Waals surface area contributed by atoms with E-state index in [0.29, 0.717) is 10.7 Å². The van der Waals surface area contributed by atoms with Crippen molar-refractivity contribution in [2.75, 3.05) is 0 Å². The lowest BCUT2D eigenvalue weighted by molar-refractivity contribution is 0.0930. The minimum Gasteiger partial charge on any atom is -0.501 e. The van der Waals surface area contributed by atoms with Gasteiger partial charge < -0.3 is 20.4 Å². The SMILES string of the molecule is CC(NC(=O)c1nc(-c2cccs2)[nH]c(=O)c1O)c1ncc[nH]1. The first-order valence-electron chi connectivity index (χ1n) is 6.73. The van der Waals surface area contributed by atoms with Crippen LogP contribution < -0.4 is 10.9 Å². The predicted octanol–water partition coefficient (Wildman–Crippen LogP) is 1.42. The van der Waals surface area contributed by atoms with E-state index < -0.39 is 23.3 Å². The van der Waals surface area contributed by atoms with Gasteiger partial charge in [-0.25, -0.2) is 9.97 Å². The predicted molar refractivity (Wildman–Crippen MR) is 84.3 cm³/mol. The molecule has 8 nitrogen and oxygen atoms in total. The Bertz CT molecular complexity index is 870. The second-order valence-electron chi connectivity index (χ2n) is 4.76. The number of hydrogen-bond donors (Lipinski definition) is 4. The number of carbonyl (C=O) groups is 1. The van der Waals surface area contributed by atoms with Gasteiger partial charge in [0.05, 0.1) is 10.9 Å². The topological polar surface area (TPSA) is 124 Å². The van der Waals surface area contributed by atoms with Crippen LogP contribution in [0.4, 0.5) is 0 Å². The summed E-state index contributed by atoms with van der Waals surface area (Å²) in [4.78, 5) is 38.3. The minimum absolute atomic E-state index is 0.235. The molecule has 0 aliphatic carbocycles. The van der Waals surface area contributed by atoms with Gasteiger partial charge in [-0.15, -0.1) is 11.3 Å². The highest BCUT2D eigenvalue weighted by atomic mass is 32.1. The molecule has 9 heteroatoms. The first kappa shape index (κ1) is 15.0. The van der Waals surface area contributed by atoms with Crippen LogP contribution in [0, 0.1) is 0 Å². The molecular weight excluding hydrogens is 318 g/mol. The van der Waals surface area contributed by atoms with Gasteiger partial charge in [0.25, 0.3) is 11.5 Å². The monoisotopic (exact) mass is 331 g/mol. The number of amides is 1. The molecule has 3 rings (SSSR count). The van der Waals surface area contributed by atoms with Crippen molar-refractivity contribution in [2.45, 2.75) is 13.0 Å². The lowest BCUT2D eigenvalue weighted by atomic mass is 10.2. The van der Waals surface area contributed by atoms with Crippen molar-refractivity contribution in [3.63, 3.8) is 0 Å². The zero-order chi connectivity index (χ0) is 16.4. The Balaban J connectivity index is 1.92. The number of nitrogens with one attached hydrogen (secondary N) is 3. The van der Waals surface area contributed by atoms with Gasteiger partial charge in [-0.1, -0.05) is 6.07 Å². The van der Waals surface area contributed by atoms with Gasteiger partial charge in [0, 0.05) is 12.4 Å². The van der Waals surface area contributed by atoms with Gasteiger partial charge in [0.1, 0.15) is 5.82 Å². The molecule has 3 aromatic rings. The highest BCUT2D eigenvalue weighted by Gasteiger charge is 2.21. The summed E-state index contributed by atoms with van der Waals surface area (Å²) in [7, 11) is 0. The third-order valence-electron chi connectivity index (χ3n) is 3.14. The zero-order valence-electron chi connectivity index (χ0n) is 12.0. The van der Waals surface area contributed by atoms with Crippen molar-refractivity contribution >= 4 is 17.2 Å². The summed E-state index contributed by atoms with van der Waals surface area (Å²) >= 11 is 1.36. The number of nitrogens with zero attached hydrogens (tertiary/aromatic N) is 2. The van der Waals surface area contributed by atoms with E-state index in [0.717, 1.165) is 0 Å². The molecule has 1 amide bonds. The summed E-state index contributed by atoms with van der Waals surface area (Å²) < 4.78 is 0. The van der Waals surface area contributed by atoms with Gasteiger partial charge in [-0.3, -0.25) is 9.59 Å². The maximum absolute atomic E-state index is 12.3. The van der Waals surface area contributed by atoms with Gasteiger partial charge in [-0.05, 0) is 18.4 Å². The summed E-state index contributed by atoms with van der Waals surface area (Å²) in [5.74, 6) is -0.579. The van der Waals surface area contributed by atoms with Crippen molar-refractivity contribution in [3.8, 4) is 16.5 Å². The Hall–Kier alpha value is -2.94. The Morgan fingerprint density at radius 3 is 2.96 bits per heavy atom. The molecule has 3 aromatic heterocycles. The molecule has 0 saturated carbocycles.